The van der Waals surface area contributed by atoms with E-state index in [4.69, 9.17) is 4.74 Å². The lowest BCUT2D eigenvalue weighted by Gasteiger charge is -2.30. The average Bonchev–Trinajstić information content (AvgIpc) is 2.19. The molecular formula is C14H30N2O2. The Morgan fingerprint density at radius 3 is 2.33 bits per heavy atom. The smallest absolute Gasteiger partial charge is 0.410 e. The third-order valence-corrected chi connectivity index (χ3v) is 2.49. The number of unbranched alkanes of at least 4 members (excludes halogenated alkanes) is 1. The van der Waals surface area contributed by atoms with E-state index in [1.54, 1.807) is 4.90 Å². The number of hydrogen-bond donors (Lipinski definition) is 1. The second kappa shape index (κ2) is 8.35. The van der Waals surface area contributed by atoms with Gasteiger partial charge in [-0.15, -0.1) is 0 Å². The Morgan fingerprint density at radius 2 is 1.89 bits per heavy atom. The van der Waals surface area contributed by atoms with Crippen molar-refractivity contribution in [1.29, 1.82) is 0 Å². The Balaban J connectivity index is 4.10. The van der Waals surface area contributed by atoms with Gasteiger partial charge in [-0.25, -0.2) is 4.79 Å². The summed E-state index contributed by atoms with van der Waals surface area (Å²) < 4.78 is 5.40. The zero-order valence-corrected chi connectivity index (χ0v) is 12.9. The molecule has 4 heteroatoms. The molecule has 0 aromatic rings. The molecule has 0 aromatic carbocycles. The molecule has 0 radical (unpaired) electrons. The molecule has 1 N–H and O–H groups in total. The molecule has 0 aliphatic rings. The average molecular weight is 258 g/mol. The van der Waals surface area contributed by atoms with E-state index in [0.717, 1.165) is 13.1 Å². The van der Waals surface area contributed by atoms with Crippen molar-refractivity contribution in [2.45, 2.75) is 66.0 Å². The Hall–Kier alpha value is -0.770. The van der Waals surface area contributed by atoms with E-state index in [9.17, 15) is 4.79 Å². The summed E-state index contributed by atoms with van der Waals surface area (Å²) in [5.74, 6) is 0. The molecule has 18 heavy (non-hydrogen) atoms. The summed E-state index contributed by atoms with van der Waals surface area (Å²) in [4.78, 5) is 13.8. The Bertz CT molecular complexity index is 234. The van der Waals surface area contributed by atoms with Crippen LogP contribution in [-0.2, 0) is 4.74 Å². The van der Waals surface area contributed by atoms with Crippen LogP contribution in [0.25, 0.3) is 0 Å². The highest BCUT2D eigenvalue weighted by atomic mass is 16.6. The van der Waals surface area contributed by atoms with Crippen LogP contribution in [0.1, 0.15) is 54.4 Å². The van der Waals surface area contributed by atoms with Crippen LogP contribution in [-0.4, -0.2) is 42.3 Å². The van der Waals surface area contributed by atoms with Gasteiger partial charge in [0.15, 0.2) is 0 Å². The summed E-state index contributed by atoms with van der Waals surface area (Å²) in [5, 5.41) is 3.34. The number of amides is 1. The first kappa shape index (κ1) is 17.2. The predicted octanol–water partition coefficient (Wildman–Crippen LogP) is 3.02. The minimum Gasteiger partial charge on any atom is -0.444 e. The highest BCUT2D eigenvalue weighted by Crippen LogP contribution is 2.11. The van der Waals surface area contributed by atoms with Crippen molar-refractivity contribution >= 4 is 6.09 Å². The second-order valence-corrected chi connectivity index (χ2v) is 5.87. The minimum absolute atomic E-state index is 0.160. The van der Waals surface area contributed by atoms with Gasteiger partial charge >= 0.3 is 6.09 Å². The minimum atomic E-state index is -0.431. The van der Waals surface area contributed by atoms with E-state index < -0.39 is 5.60 Å². The maximum absolute atomic E-state index is 12.0. The van der Waals surface area contributed by atoms with Crippen LogP contribution in [0.15, 0.2) is 0 Å². The third-order valence-electron chi connectivity index (χ3n) is 2.49. The number of carbonyl (C=O) groups is 1. The summed E-state index contributed by atoms with van der Waals surface area (Å²) in [7, 11) is 0. The normalized spacial score (nSPS) is 11.7. The molecule has 0 atom stereocenters. The Morgan fingerprint density at radius 1 is 1.28 bits per heavy atom. The fraction of sp³-hybridized carbons (Fsp3) is 0.929. The Kier molecular flexibility index (Phi) is 8.00. The van der Waals surface area contributed by atoms with E-state index >= 15 is 0 Å². The summed E-state index contributed by atoms with van der Waals surface area (Å²) in [6.45, 7) is 14.4. The molecule has 0 bridgehead atoms. The monoisotopic (exact) mass is 258 g/mol. The van der Waals surface area contributed by atoms with Crippen molar-refractivity contribution in [3.8, 4) is 0 Å². The van der Waals surface area contributed by atoms with Gasteiger partial charge in [0.25, 0.3) is 0 Å². The van der Waals surface area contributed by atoms with Crippen molar-refractivity contribution in [3.63, 3.8) is 0 Å². The topological polar surface area (TPSA) is 41.6 Å². The van der Waals surface area contributed by atoms with E-state index in [2.05, 4.69) is 12.2 Å². The molecule has 4 nitrogen and oxygen atoms in total. The van der Waals surface area contributed by atoms with Gasteiger partial charge in [0, 0.05) is 19.1 Å². The number of nitrogens with zero attached hydrogens (tertiary/aromatic N) is 1. The van der Waals surface area contributed by atoms with Crippen LogP contribution in [0, 0.1) is 0 Å². The molecule has 1 amide bonds. The molecule has 0 aliphatic carbocycles. The maximum atomic E-state index is 12.0. The summed E-state index contributed by atoms with van der Waals surface area (Å²) >= 11 is 0. The number of rotatable bonds is 7. The zero-order chi connectivity index (χ0) is 14.2. The number of ether oxygens (including phenoxy) is 1. The lowest BCUT2D eigenvalue weighted by molar-refractivity contribution is 0.0194. The van der Waals surface area contributed by atoms with Crippen molar-refractivity contribution < 1.29 is 9.53 Å². The van der Waals surface area contributed by atoms with Gasteiger partial charge in [-0.2, -0.15) is 0 Å². The summed E-state index contributed by atoms with van der Waals surface area (Å²) in [5.41, 5.74) is -0.431. The van der Waals surface area contributed by atoms with Crippen LogP contribution in [0.3, 0.4) is 0 Å². The van der Waals surface area contributed by atoms with Crippen molar-refractivity contribution in [3.05, 3.63) is 0 Å². The Labute approximate surface area is 112 Å². The van der Waals surface area contributed by atoms with E-state index in [-0.39, 0.29) is 12.1 Å². The van der Waals surface area contributed by atoms with Gasteiger partial charge in [-0.05, 0) is 47.6 Å². The van der Waals surface area contributed by atoms with E-state index in [1.165, 1.54) is 12.8 Å². The molecule has 0 fully saturated rings. The second-order valence-electron chi connectivity index (χ2n) is 5.87. The van der Waals surface area contributed by atoms with Gasteiger partial charge in [-0.3, -0.25) is 0 Å². The molecule has 0 rings (SSSR count). The summed E-state index contributed by atoms with van der Waals surface area (Å²) in [6.07, 6.45) is 2.14. The van der Waals surface area contributed by atoms with Gasteiger partial charge < -0.3 is 15.0 Å². The van der Waals surface area contributed by atoms with Crippen LogP contribution < -0.4 is 5.32 Å². The zero-order valence-electron chi connectivity index (χ0n) is 12.9. The van der Waals surface area contributed by atoms with Gasteiger partial charge in [0.05, 0.1) is 0 Å². The van der Waals surface area contributed by atoms with E-state index in [1.807, 2.05) is 34.6 Å². The van der Waals surface area contributed by atoms with E-state index in [0.29, 0.717) is 6.54 Å². The molecular weight excluding hydrogens is 228 g/mol. The predicted molar refractivity (Wildman–Crippen MR) is 75.9 cm³/mol. The van der Waals surface area contributed by atoms with Crippen molar-refractivity contribution in [2.24, 2.45) is 0 Å². The lowest BCUT2D eigenvalue weighted by Crippen LogP contribution is -2.44. The largest absolute Gasteiger partial charge is 0.444 e. The van der Waals surface area contributed by atoms with Crippen LogP contribution in [0.4, 0.5) is 4.79 Å². The van der Waals surface area contributed by atoms with Crippen molar-refractivity contribution in [2.75, 3.05) is 19.6 Å². The van der Waals surface area contributed by atoms with Crippen molar-refractivity contribution in [1.82, 2.24) is 10.2 Å². The molecule has 0 aromatic heterocycles. The molecule has 0 unspecified atom stereocenters. The summed E-state index contributed by atoms with van der Waals surface area (Å²) in [6, 6.07) is 0.160. The highest BCUT2D eigenvalue weighted by molar-refractivity contribution is 5.68. The number of carbonyl (C=O) groups excluding carboxylic acids is 1. The maximum Gasteiger partial charge on any atom is 0.410 e. The third kappa shape index (κ3) is 8.34. The lowest BCUT2D eigenvalue weighted by atomic mass is 10.2. The molecule has 108 valence electrons. The molecule has 0 saturated heterocycles. The number of nitrogens with one attached hydrogen (secondary N) is 1. The molecule has 0 saturated carbocycles. The van der Waals surface area contributed by atoms with Crippen LogP contribution in [0.5, 0.6) is 0 Å². The van der Waals surface area contributed by atoms with Gasteiger partial charge in [0.1, 0.15) is 5.60 Å². The first-order valence-electron chi connectivity index (χ1n) is 6.98. The highest BCUT2D eigenvalue weighted by Gasteiger charge is 2.23. The molecule has 0 aliphatic heterocycles. The SMILES string of the molecule is CCCCNCCN(C(=O)OC(C)(C)C)C(C)C. The van der Waals surface area contributed by atoms with Gasteiger partial charge in [-0.1, -0.05) is 13.3 Å². The van der Waals surface area contributed by atoms with Gasteiger partial charge in [0.2, 0.25) is 0 Å². The van der Waals surface area contributed by atoms with Crippen LogP contribution >= 0.6 is 0 Å². The first-order chi connectivity index (χ1) is 8.28. The standard InChI is InChI=1S/C14H30N2O2/c1-7-8-9-15-10-11-16(12(2)3)13(17)18-14(4,5)6/h12,15H,7-11H2,1-6H3. The fourth-order valence-corrected chi connectivity index (χ4v) is 1.51. The number of hydrogen-bond acceptors (Lipinski definition) is 3. The fourth-order valence-electron chi connectivity index (χ4n) is 1.51. The quantitative estimate of drug-likeness (QED) is 0.714. The molecule has 0 heterocycles. The molecule has 0 spiro atoms. The van der Waals surface area contributed by atoms with Crippen LogP contribution in [0.2, 0.25) is 0 Å². The first-order valence-corrected chi connectivity index (χ1v) is 6.98.